The Morgan fingerprint density at radius 2 is 1.95 bits per heavy atom. The average molecular weight is 301 g/mol. The molecule has 1 N–H and O–H groups in total. The summed E-state index contributed by atoms with van der Waals surface area (Å²) < 4.78 is 43.6. The Kier molecular flexibility index (Phi) is 5.81. The number of alkyl carbamates (subject to hydrolysis) is 1. The van der Waals surface area contributed by atoms with E-state index in [1.54, 1.807) is 20.8 Å². The van der Waals surface area contributed by atoms with Crippen LogP contribution in [0.5, 0.6) is 0 Å². The Balaban J connectivity index is 2.56. The van der Waals surface area contributed by atoms with Crippen molar-refractivity contribution in [2.45, 2.75) is 32.8 Å². The molecular weight excluding hydrogens is 283 g/mol. The first-order chi connectivity index (χ1) is 9.71. The maximum Gasteiger partial charge on any atom is 0.407 e. The Hall–Kier alpha value is -1.98. The van der Waals surface area contributed by atoms with Gasteiger partial charge in [-0.05, 0) is 50.5 Å². The van der Waals surface area contributed by atoms with Gasteiger partial charge in [0.15, 0.2) is 11.6 Å². The molecule has 3 nitrogen and oxygen atoms in total. The van der Waals surface area contributed by atoms with Gasteiger partial charge in [-0.3, -0.25) is 0 Å². The fourth-order valence-corrected chi connectivity index (χ4v) is 1.55. The van der Waals surface area contributed by atoms with Crippen molar-refractivity contribution in [3.8, 4) is 0 Å². The van der Waals surface area contributed by atoms with E-state index in [1.165, 1.54) is 6.07 Å². The molecule has 0 bridgehead atoms. The van der Waals surface area contributed by atoms with Crippen LogP contribution >= 0.6 is 0 Å². The fraction of sp³-hybridized carbons (Fsp3) is 0.400. The van der Waals surface area contributed by atoms with Crippen LogP contribution in [0.25, 0.3) is 0 Å². The molecule has 0 spiro atoms. The molecule has 116 valence electrons. The van der Waals surface area contributed by atoms with Gasteiger partial charge in [0, 0.05) is 6.54 Å². The second kappa shape index (κ2) is 7.15. The van der Waals surface area contributed by atoms with Crippen LogP contribution in [0.3, 0.4) is 0 Å². The lowest BCUT2D eigenvalue weighted by molar-refractivity contribution is 0.0532. The van der Waals surface area contributed by atoms with Gasteiger partial charge in [-0.15, -0.1) is 0 Å². The van der Waals surface area contributed by atoms with Crippen LogP contribution in [0.15, 0.2) is 30.1 Å². The van der Waals surface area contributed by atoms with Crippen LogP contribution in [0.1, 0.15) is 26.3 Å². The molecule has 0 fully saturated rings. The molecule has 0 atom stereocenters. The molecule has 1 rings (SSSR count). The molecule has 1 amide bonds. The average Bonchev–Trinajstić information content (AvgIpc) is 2.36. The van der Waals surface area contributed by atoms with Gasteiger partial charge in [-0.2, -0.15) is 0 Å². The first-order valence-corrected chi connectivity index (χ1v) is 6.40. The van der Waals surface area contributed by atoms with Crippen LogP contribution in [0.2, 0.25) is 0 Å². The van der Waals surface area contributed by atoms with Crippen LogP contribution in [0.4, 0.5) is 18.0 Å². The van der Waals surface area contributed by atoms with E-state index in [0.717, 1.165) is 12.1 Å². The molecule has 0 saturated heterocycles. The number of benzene rings is 1. The zero-order valence-electron chi connectivity index (χ0n) is 12.2. The lowest BCUT2D eigenvalue weighted by Crippen LogP contribution is -2.33. The summed E-state index contributed by atoms with van der Waals surface area (Å²) in [5.74, 6) is -1.96. The van der Waals surface area contributed by atoms with Crippen molar-refractivity contribution in [3.05, 3.63) is 47.3 Å². The zero-order chi connectivity index (χ0) is 16.0. The zero-order valence-corrected chi connectivity index (χ0v) is 12.2. The van der Waals surface area contributed by atoms with Gasteiger partial charge in [-0.25, -0.2) is 18.0 Å². The maximum atomic E-state index is 13.1. The van der Waals surface area contributed by atoms with Crippen molar-refractivity contribution in [1.82, 2.24) is 5.32 Å². The smallest absolute Gasteiger partial charge is 0.407 e. The van der Waals surface area contributed by atoms with Crippen molar-refractivity contribution in [1.29, 1.82) is 0 Å². The molecule has 0 aliphatic heterocycles. The molecule has 6 heteroatoms. The number of rotatable bonds is 4. The van der Waals surface area contributed by atoms with Crippen LogP contribution in [0, 0.1) is 11.6 Å². The van der Waals surface area contributed by atoms with E-state index in [4.69, 9.17) is 4.74 Å². The SMILES string of the molecule is CC(C)(C)OC(=O)NC/C(=C\F)Cc1ccc(F)c(F)c1. The Morgan fingerprint density at radius 1 is 1.29 bits per heavy atom. The summed E-state index contributed by atoms with van der Waals surface area (Å²) in [6.45, 7) is 5.05. The van der Waals surface area contributed by atoms with Crippen LogP contribution < -0.4 is 5.32 Å². The predicted octanol–water partition coefficient (Wildman–Crippen LogP) is 3.89. The first kappa shape index (κ1) is 17.1. The maximum absolute atomic E-state index is 13.1. The lowest BCUT2D eigenvalue weighted by Gasteiger charge is -2.20. The van der Waals surface area contributed by atoms with Gasteiger partial charge in [0.05, 0.1) is 6.33 Å². The molecule has 0 heterocycles. The standard InChI is InChI=1S/C15H18F3NO2/c1-15(2,3)21-14(20)19-9-11(8-16)6-10-4-5-12(17)13(18)7-10/h4-5,7-8H,6,9H2,1-3H3,(H,19,20)/b11-8-. The van der Waals surface area contributed by atoms with E-state index in [1.807, 2.05) is 0 Å². The second-order valence-electron chi connectivity index (χ2n) is 5.55. The molecule has 1 aromatic carbocycles. The number of amides is 1. The third-order valence-corrected chi connectivity index (χ3v) is 2.43. The third kappa shape index (κ3) is 6.33. The molecule has 0 aliphatic carbocycles. The largest absolute Gasteiger partial charge is 0.444 e. The predicted molar refractivity (Wildman–Crippen MR) is 73.5 cm³/mol. The van der Waals surface area contributed by atoms with Crippen molar-refractivity contribution >= 4 is 6.09 Å². The molecule has 0 saturated carbocycles. The van der Waals surface area contributed by atoms with Crippen molar-refractivity contribution in [2.24, 2.45) is 0 Å². The highest BCUT2D eigenvalue weighted by atomic mass is 19.2. The highest BCUT2D eigenvalue weighted by molar-refractivity contribution is 5.68. The first-order valence-electron chi connectivity index (χ1n) is 6.40. The topological polar surface area (TPSA) is 38.3 Å². The number of carbonyl (C=O) groups is 1. The summed E-state index contributed by atoms with van der Waals surface area (Å²) in [6, 6.07) is 3.32. The summed E-state index contributed by atoms with van der Waals surface area (Å²) >= 11 is 0. The molecular formula is C15H18F3NO2. The van der Waals surface area contributed by atoms with E-state index in [9.17, 15) is 18.0 Å². The number of ether oxygens (including phenoxy) is 1. The van der Waals surface area contributed by atoms with Gasteiger partial charge in [-0.1, -0.05) is 6.07 Å². The van der Waals surface area contributed by atoms with E-state index >= 15 is 0 Å². The van der Waals surface area contributed by atoms with E-state index in [0.29, 0.717) is 11.9 Å². The minimum Gasteiger partial charge on any atom is -0.444 e. The van der Waals surface area contributed by atoms with E-state index < -0.39 is 23.3 Å². The summed E-state index contributed by atoms with van der Waals surface area (Å²) in [6.07, 6.45) is -0.283. The summed E-state index contributed by atoms with van der Waals surface area (Å²) in [5, 5.41) is 2.40. The Labute approximate surface area is 121 Å². The minimum absolute atomic E-state index is 0.0590. The summed E-state index contributed by atoms with van der Waals surface area (Å²) in [7, 11) is 0. The minimum atomic E-state index is -0.995. The van der Waals surface area contributed by atoms with Crippen molar-refractivity contribution < 1.29 is 22.7 Å². The Bertz CT molecular complexity index is 536. The van der Waals surface area contributed by atoms with Crippen LogP contribution in [-0.2, 0) is 11.2 Å². The van der Waals surface area contributed by atoms with Crippen LogP contribution in [-0.4, -0.2) is 18.2 Å². The van der Waals surface area contributed by atoms with Gasteiger partial charge < -0.3 is 10.1 Å². The van der Waals surface area contributed by atoms with E-state index in [2.05, 4.69) is 5.32 Å². The number of hydrogen-bond acceptors (Lipinski definition) is 2. The second-order valence-corrected chi connectivity index (χ2v) is 5.55. The normalized spacial score (nSPS) is 12.2. The molecule has 21 heavy (non-hydrogen) atoms. The van der Waals surface area contributed by atoms with Gasteiger partial charge >= 0.3 is 6.09 Å². The Morgan fingerprint density at radius 3 is 2.48 bits per heavy atom. The lowest BCUT2D eigenvalue weighted by atomic mass is 10.1. The van der Waals surface area contributed by atoms with Gasteiger partial charge in [0.1, 0.15) is 5.60 Å². The number of nitrogens with one attached hydrogen (secondary N) is 1. The molecule has 1 aromatic rings. The number of carbonyl (C=O) groups excluding carboxylic acids is 1. The van der Waals surface area contributed by atoms with Gasteiger partial charge in [0.25, 0.3) is 0 Å². The quantitative estimate of drug-likeness (QED) is 0.916. The monoisotopic (exact) mass is 301 g/mol. The highest BCUT2D eigenvalue weighted by Gasteiger charge is 2.16. The molecule has 0 aliphatic rings. The fourth-order valence-electron chi connectivity index (χ4n) is 1.55. The molecule has 0 aromatic heterocycles. The van der Waals surface area contributed by atoms with Gasteiger partial charge in [0.2, 0.25) is 0 Å². The highest BCUT2D eigenvalue weighted by Crippen LogP contribution is 2.13. The van der Waals surface area contributed by atoms with Crippen molar-refractivity contribution in [2.75, 3.05) is 6.54 Å². The molecule has 0 unspecified atom stereocenters. The number of halogens is 3. The number of hydrogen-bond donors (Lipinski definition) is 1. The summed E-state index contributed by atoms with van der Waals surface area (Å²) in [5.41, 5.74) is -0.0281. The summed E-state index contributed by atoms with van der Waals surface area (Å²) in [4.78, 5) is 11.4. The third-order valence-electron chi connectivity index (χ3n) is 2.43. The molecule has 0 radical (unpaired) electrons. The van der Waals surface area contributed by atoms with E-state index in [-0.39, 0.29) is 18.5 Å². The van der Waals surface area contributed by atoms with Crippen molar-refractivity contribution in [3.63, 3.8) is 0 Å².